The van der Waals surface area contributed by atoms with Gasteiger partial charge in [0, 0.05) is 30.6 Å². The number of hydrogen-bond donors (Lipinski definition) is 1. The molecule has 0 heterocycles. The summed E-state index contributed by atoms with van der Waals surface area (Å²) in [6, 6.07) is 12.3. The Balaban J connectivity index is 2.05. The van der Waals surface area contributed by atoms with Gasteiger partial charge in [-0.05, 0) is 48.9 Å². The van der Waals surface area contributed by atoms with Gasteiger partial charge in [-0.3, -0.25) is 9.59 Å². The first-order valence-corrected chi connectivity index (χ1v) is 8.26. The average molecular weight is 361 g/mol. The van der Waals surface area contributed by atoms with Gasteiger partial charge in [-0.25, -0.2) is 0 Å². The number of methoxy groups -OCH3 is 1. The molecule has 0 fully saturated rings. The smallest absolute Gasteiger partial charge is 0.251 e. The number of rotatable bonds is 6. The number of halogens is 1. The molecule has 6 heteroatoms. The summed E-state index contributed by atoms with van der Waals surface area (Å²) >= 11 is 5.82. The lowest BCUT2D eigenvalue weighted by molar-refractivity contribution is -0.116. The molecule has 0 aromatic heterocycles. The lowest BCUT2D eigenvalue weighted by Gasteiger charge is -2.24. The quantitative estimate of drug-likeness (QED) is 0.858. The van der Waals surface area contributed by atoms with E-state index in [0.29, 0.717) is 35.1 Å². The molecule has 0 aliphatic carbocycles. The van der Waals surface area contributed by atoms with Gasteiger partial charge < -0.3 is 15.0 Å². The standard InChI is InChI=1S/C19H21ClN2O3/c1-13-4-9-18(25-3)17(12-13)22(14(2)23)11-10-21-19(24)15-5-7-16(20)8-6-15/h4-9,12H,10-11H2,1-3H3,(H,21,24). The molecule has 0 aliphatic heterocycles. The van der Waals surface area contributed by atoms with Gasteiger partial charge in [0.1, 0.15) is 5.75 Å². The van der Waals surface area contributed by atoms with Gasteiger partial charge in [0.05, 0.1) is 12.8 Å². The highest BCUT2D eigenvalue weighted by Gasteiger charge is 2.16. The van der Waals surface area contributed by atoms with Crippen molar-refractivity contribution in [3.05, 3.63) is 58.6 Å². The van der Waals surface area contributed by atoms with E-state index >= 15 is 0 Å². The highest BCUT2D eigenvalue weighted by atomic mass is 35.5. The molecule has 0 unspecified atom stereocenters. The Morgan fingerprint density at radius 3 is 2.44 bits per heavy atom. The maximum Gasteiger partial charge on any atom is 0.251 e. The minimum atomic E-state index is -0.212. The van der Waals surface area contributed by atoms with Crippen LogP contribution in [0.2, 0.25) is 5.02 Å². The molecule has 1 N–H and O–H groups in total. The van der Waals surface area contributed by atoms with Crippen LogP contribution in [0.15, 0.2) is 42.5 Å². The highest BCUT2D eigenvalue weighted by Crippen LogP contribution is 2.29. The molecule has 0 aliphatic rings. The van der Waals surface area contributed by atoms with Gasteiger partial charge in [-0.1, -0.05) is 17.7 Å². The number of nitrogens with one attached hydrogen (secondary N) is 1. The van der Waals surface area contributed by atoms with Crippen LogP contribution in [0, 0.1) is 6.92 Å². The second-order valence-corrected chi connectivity index (χ2v) is 6.05. The molecule has 0 bridgehead atoms. The summed E-state index contributed by atoms with van der Waals surface area (Å²) in [7, 11) is 1.56. The molecule has 25 heavy (non-hydrogen) atoms. The highest BCUT2D eigenvalue weighted by molar-refractivity contribution is 6.30. The molecular weight excluding hydrogens is 340 g/mol. The Morgan fingerprint density at radius 2 is 1.84 bits per heavy atom. The van der Waals surface area contributed by atoms with Crippen molar-refractivity contribution in [2.24, 2.45) is 0 Å². The van der Waals surface area contributed by atoms with E-state index in [1.54, 1.807) is 36.3 Å². The lowest BCUT2D eigenvalue weighted by Crippen LogP contribution is -2.37. The number of nitrogens with zero attached hydrogens (tertiary/aromatic N) is 1. The zero-order valence-corrected chi connectivity index (χ0v) is 15.3. The van der Waals surface area contributed by atoms with Gasteiger partial charge in [-0.15, -0.1) is 0 Å². The number of hydrogen-bond acceptors (Lipinski definition) is 3. The number of aryl methyl sites for hydroxylation is 1. The van der Waals surface area contributed by atoms with Crippen LogP contribution < -0.4 is 15.0 Å². The van der Waals surface area contributed by atoms with Crippen molar-refractivity contribution in [1.82, 2.24) is 5.32 Å². The average Bonchev–Trinajstić information content (AvgIpc) is 2.58. The molecule has 5 nitrogen and oxygen atoms in total. The van der Waals surface area contributed by atoms with Crippen LogP contribution in [0.3, 0.4) is 0 Å². The van der Waals surface area contributed by atoms with Crippen molar-refractivity contribution in [2.75, 3.05) is 25.1 Å². The maximum absolute atomic E-state index is 12.1. The fraction of sp³-hybridized carbons (Fsp3) is 0.263. The number of carbonyl (C=O) groups is 2. The van der Waals surface area contributed by atoms with Gasteiger partial charge in [0.15, 0.2) is 0 Å². The third kappa shape index (κ3) is 4.97. The molecule has 2 rings (SSSR count). The Morgan fingerprint density at radius 1 is 1.16 bits per heavy atom. The van der Waals surface area contributed by atoms with Crippen LogP contribution in [0.4, 0.5) is 5.69 Å². The fourth-order valence-electron chi connectivity index (χ4n) is 2.44. The summed E-state index contributed by atoms with van der Waals surface area (Å²) in [6.07, 6.45) is 0. The van der Waals surface area contributed by atoms with Crippen molar-refractivity contribution in [3.63, 3.8) is 0 Å². The van der Waals surface area contributed by atoms with E-state index in [4.69, 9.17) is 16.3 Å². The first-order chi connectivity index (χ1) is 11.9. The summed E-state index contributed by atoms with van der Waals surface area (Å²) in [6.45, 7) is 4.10. The Labute approximate surface area is 152 Å². The van der Waals surface area contributed by atoms with Crippen LogP contribution in [-0.2, 0) is 4.79 Å². The van der Waals surface area contributed by atoms with E-state index in [1.807, 2.05) is 25.1 Å². The van der Waals surface area contributed by atoms with Crippen molar-refractivity contribution in [3.8, 4) is 5.75 Å². The molecule has 2 amide bonds. The Bertz CT molecular complexity index is 760. The molecule has 2 aromatic carbocycles. The number of anilines is 1. The van der Waals surface area contributed by atoms with Gasteiger partial charge in [0.2, 0.25) is 5.91 Å². The van der Waals surface area contributed by atoms with Gasteiger partial charge in [0.25, 0.3) is 5.91 Å². The molecule has 132 valence electrons. The van der Waals surface area contributed by atoms with Crippen LogP contribution in [-0.4, -0.2) is 32.0 Å². The maximum atomic E-state index is 12.1. The fourth-order valence-corrected chi connectivity index (χ4v) is 2.57. The van der Waals surface area contributed by atoms with Crippen LogP contribution >= 0.6 is 11.6 Å². The summed E-state index contributed by atoms with van der Waals surface area (Å²) in [4.78, 5) is 25.8. The molecular formula is C19H21ClN2O3. The minimum Gasteiger partial charge on any atom is -0.495 e. The largest absolute Gasteiger partial charge is 0.495 e. The third-order valence-corrected chi connectivity index (χ3v) is 3.98. The van der Waals surface area contributed by atoms with Crippen LogP contribution in [0.25, 0.3) is 0 Å². The molecule has 0 saturated heterocycles. The van der Waals surface area contributed by atoms with Crippen LogP contribution in [0.1, 0.15) is 22.8 Å². The number of carbonyl (C=O) groups excluding carboxylic acids is 2. The number of benzene rings is 2. The summed E-state index contributed by atoms with van der Waals surface area (Å²) < 4.78 is 5.35. The Hall–Kier alpha value is -2.53. The first kappa shape index (κ1) is 18.8. The number of amides is 2. The van der Waals surface area contributed by atoms with Gasteiger partial charge >= 0.3 is 0 Å². The van der Waals surface area contributed by atoms with E-state index in [2.05, 4.69) is 5.32 Å². The van der Waals surface area contributed by atoms with E-state index in [-0.39, 0.29) is 11.8 Å². The van der Waals surface area contributed by atoms with Crippen molar-refractivity contribution >= 4 is 29.1 Å². The predicted molar refractivity (Wildman–Crippen MR) is 99.5 cm³/mol. The van der Waals surface area contributed by atoms with E-state index in [1.165, 1.54) is 6.92 Å². The number of ether oxygens (including phenoxy) is 1. The summed E-state index contributed by atoms with van der Waals surface area (Å²) in [5, 5.41) is 3.38. The SMILES string of the molecule is COc1ccc(C)cc1N(CCNC(=O)c1ccc(Cl)cc1)C(C)=O. The molecule has 0 saturated carbocycles. The topological polar surface area (TPSA) is 58.6 Å². The van der Waals surface area contributed by atoms with Gasteiger partial charge in [-0.2, -0.15) is 0 Å². The van der Waals surface area contributed by atoms with E-state index < -0.39 is 0 Å². The zero-order chi connectivity index (χ0) is 18.4. The van der Waals surface area contributed by atoms with Crippen molar-refractivity contribution in [1.29, 1.82) is 0 Å². The normalized spacial score (nSPS) is 10.2. The minimum absolute atomic E-state index is 0.121. The summed E-state index contributed by atoms with van der Waals surface area (Å²) in [5.74, 6) is 0.283. The molecule has 0 atom stereocenters. The molecule has 2 aromatic rings. The molecule has 0 radical (unpaired) electrons. The summed E-state index contributed by atoms with van der Waals surface area (Å²) in [5.41, 5.74) is 2.23. The monoisotopic (exact) mass is 360 g/mol. The molecule has 0 spiro atoms. The van der Waals surface area contributed by atoms with Crippen LogP contribution in [0.5, 0.6) is 5.75 Å². The zero-order valence-electron chi connectivity index (χ0n) is 14.5. The first-order valence-electron chi connectivity index (χ1n) is 7.89. The van der Waals surface area contributed by atoms with E-state index in [9.17, 15) is 9.59 Å². The Kier molecular flexibility index (Phi) is 6.42. The van der Waals surface area contributed by atoms with Crippen molar-refractivity contribution < 1.29 is 14.3 Å². The third-order valence-electron chi connectivity index (χ3n) is 3.73. The predicted octanol–water partition coefficient (Wildman–Crippen LogP) is 3.44. The second-order valence-electron chi connectivity index (χ2n) is 5.61. The van der Waals surface area contributed by atoms with Crippen molar-refractivity contribution in [2.45, 2.75) is 13.8 Å². The lowest BCUT2D eigenvalue weighted by atomic mass is 10.2. The second kappa shape index (κ2) is 8.53. The van der Waals surface area contributed by atoms with E-state index in [0.717, 1.165) is 5.56 Å².